The maximum Gasteiger partial charge on any atom is 0.140 e. The van der Waals surface area contributed by atoms with Crippen LogP contribution in [0.4, 0.5) is 5.69 Å². The van der Waals surface area contributed by atoms with Crippen LogP contribution in [0.3, 0.4) is 0 Å². The van der Waals surface area contributed by atoms with E-state index in [9.17, 15) is 4.79 Å². The molecule has 0 radical (unpaired) electrons. The standard InChI is InChI=1S/C14H15N3O/c1-8-6-11-13(12(7-8)14(11)18)9-2-4-10(5-3-9)16-17-15/h2-5,8,11-13H,6-7H2,1H3. The first kappa shape index (κ1) is 11.3. The van der Waals surface area contributed by atoms with Crippen LogP contribution in [0, 0.1) is 17.8 Å². The molecule has 0 aliphatic heterocycles. The Bertz CT molecular complexity index is 514. The summed E-state index contributed by atoms with van der Waals surface area (Å²) in [5, 5.41) is 3.56. The largest absolute Gasteiger partial charge is 0.299 e. The van der Waals surface area contributed by atoms with E-state index < -0.39 is 0 Å². The van der Waals surface area contributed by atoms with Gasteiger partial charge in [-0.1, -0.05) is 36.3 Å². The van der Waals surface area contributed by atoms with Gasteiger partial charge in [-0.15, -0.1) is 0 Å². The van der Waals surface area contributed by atoms with Gasteiger partial charge in [0.2, 0.25) is 0 Å². The first-order chi connectivity index (χ1) is 8.70. The normalized spacial score (nSPS) is 33.5. The van der Waals surface area contributed by atoms with Crippen LogP contribution in [0.25, 0.3) is 10.4 Å². The minimum atomic E-state index is 0.226. The maximum atomic E-state index is 11.9. The van der Waals surface area contributed by atoms with Crippen LogP contribution >= 0.6 is 0 Å². The third-order valence-corrected chi connectivity index (χ3v) is 4.35. The fraction of sp³-hybridized carbons (Fsp3) is 0.500. The average molecular weight is 241 g/mol. The predicted molar refractivity (Wildman–Crippen MR) is 68.4 cm³/mol. The van der Waals surface area contributed by atoms with Crippen LogP contribution in [0.1, 0.15) is 31.2 Å². The van der Waals surface area contributed by atoms with Gasteiger partial charge in [-0.2, -0.15) is 0 Å². The Labute approximate surface area is 106 Å². The van der Waals surface area contributed by atoms with Crippen molar-refractivity contribution in [1.82, 2.24) is 0 Å². The minimum Gasteiger partial charge on any atom is -0.299 e. The van der Waals surface area contributed by atoms with Crippen molar-refractivity contribution >= 4 is 11.5 Å². The van der Waals surface area contributed by atoms with E-state index in [1.54, 1.807) is 0 Å². The number of fused-ring (bicyclic) bond motifs is 2. The van der Waals surface area contributed by atoms with E-state index in [0.29, 0.717) is 23.3 Å². The molecule has 18 heavy (non-hydrogen) atoms. The molecule has 1 aromatic carbocycles. The first-order valence-corrected chi connectivity index (χ1v) is 6.39. The fourth-order valence-corrected chi connectivity index (χ4v) is 3.56. The van der Waals surface area contributed by atoms with Gasteiger partial charge in [-0.05, 0) is 29.9 Å². The smallest absolute Gasteiger partial charge is 0.140 e. The van der Waals surface area contributed by atoms with Crippen LogP contribution in [0.15, 0.2) is 29.4 Å². The molecule has 4 nitrogen and oxygen atoms in total. The van der Waals surface area contributed by atoms with Crippen LogP contribution in [0.5, 0.6) is 0 Å². The van der Waals surface area contributed by atoms with Crippen LogP contribution < -0.4 is 0 Å². The second-order valence-corrected chi connectivity index (χ2v) is 5.50. The number of nitrogens with zero attached hydrogens (tertiary/aromatic N) is 3. The van der Waals surface area contributed by atoms with Crippen molar-refractivity contribution in [2.45, 2.75) is 25.7 Å². The van der Waals surface area contributed by atoms with Crippen molar-refractivity contribution in [3.63, 3.8) is 0 Å². The number of hydrogen-bond acceptors (Lipinski definition) is 2. The highest BCUT2D eigenvalue weighted by atomic mass is 16.1. The fourth-order valence-electron chi connectivity index (χ4n) is 3.56. The van der Waals surface area contributed by atoms with Gasteiger partial charge in [-0.3, -0.25) is 4.79 Å². The van der Waals surface area contributed by atoms with Crippen molar-refractivity contribution in [2.75, 3.05) is 0 Å². The molecule has 0 heterocycles. The van der Waals surface area contributed by atoms with E-state index >= 15 is 0 Å². The number of carbonyl (C=O) groups is 1. The molecule has 0 N–H and O–H groups in total. The van der Waals surface area contributed by atoms with Gasteiger partial charge in [0.05, 0.1) is 0 Å². The summed E-state index contributed by atoms with van der Waals surface area (Å²) in [4.78, 5) is 14.6. The molecule has 3 fully saturated rings. The molecule has 0 spiro atoms. The lowest BCUT2D eigenvalue weighted by Crippen LogP contribution is -2.51. The lowest BCUT2D eigenvalue weighted by Gasteiger charge is -2.50. The number of benzene rings is 1. The van der Waals surface area contributed by atoms with E-state index in [2.05, 4.69) is 16.9 Å². The zero-order valence-electron chi connectivity index (χ0n) is 10.3. The summed E-state index contributed by atoms with van der Waals surface area (Å²) < 4.78 is 0. The van der Waals surface area contributed by atoms with Crippen molar-refractivity contribution in [2.24, 2.45) is 22.9 Å². The molecule has 0 aromatic heterocycles. The van der Waals surface area contributed by atoms with Crippen LogP contribution in [0.2, 0.25) is 0 Å². The molecule has 0 amide bonds. The topological polar surface area (TPSA) is 65.8 Å². The van der Waals surface area contributed by atoms with Crippen molar-refractivity contribution < 1.29 is 4.79 Å². The highest BCUT2D eigenvalue weighted by Crippen LogP contribution is 2.55. The van der Waals surface area contributed by atoms with E-state index in [1.807, 2.05) is 24.3 Å². The Morgan fingerprint density at radius 2 is 1.83 bits per heavy atom. The molecule has 3 aliphatic rings. The van der Waals surface area contributed by atoms with Gasteiger partial charge in [0.1, 0.15) is 5.78 Å². The summed E-state index contributed by atoms with van der Waals surface area (Å²) in [5.41, 5.74) is 10.2. The molecule has 1 aromatic rings. The summed E-state index contributed by atoms with van der Waals surface area (Å²) >= 11 is 0. The quantitative estimate of drug-likeness (QED) is 0.439. The summed E-state index contributed by atoms with van der Waals surface area (Å²) in [5.74, 6) is 1.98. The molecule has 3 saturated carbocycles. The lowest BCUT2D eigenvalue weighted by atomic mass is 9.52. The Hall–Kier alpha value is -1.80. The Morgan fingerprint density at radius 1 is 1.22 bits per heavy atom. The van der Waals surface area contributed by atoms with Crippen LogP contribution in [-0.2, 0) is 4.79 Å². The van der Waals surface area contributed by atoms with Gasteiger partial charge >= 0.3 is 0 Å². The van der Waals surface area contributed by atoms with Gasteiger partial charge in [-0.25, -0.2) is 0 Å². The second-order valence-electron chi connectivity index (χ2n) is 5.50. The molecule has 2 unspecified atom stereocenters. The molecular weight excluding hydrogens is 226 g/mol. The average Bonchev–Trinajstić information content (AvgIpc) is 2.39. The summed E-state index contributed by atoms with van der Waals surface area (Å²) in [6.45, 7) is 2.23. The summed E-state index contributed by atoms with van der Waals surface area (Å²) in [6.07, 6.45) is 2.05. The molecule has 92 valence electrons. The predicted octanol–water partition coefficient (Wildman–Crippen LogP) is 3.96. The number of ketones is 1. The minimum absolute atomic E-state index is 0.226. The molecule has 4 rings (SSSR count). The highest BCUT2D eigenvalue weighted by molar-refractivity contribution is 5.92. The molecule has 4 heteroatoms. The molecular formula is C14H15N3O. The second kappa shape index (κ2) is 4.14. The first-order valence-electron chi connectivity index (χ1n) is 6.39. The van der Waals surface area contributed by atoms with E-state index in [0.717, 1.165) is 12.8 Å². The third kappa shape index (κ3) is 1.61. The maximum absolute atomic E-state index is 11.9. The Balaban J connectivity index is 1.84. The van der Waals surface area contributed by atoms with Gasteiger partial charge in [0.15, 0.2) is 0 Å². The Kier molecular flexibility index (Phi) is 2.60. The number of azide groups is 1. The van der Waals surface area contributed by atoms with Crippen molar-refractivity contribution in [1.29, 1.82) is 0 Å². The van der Waals surface area contributed by atoms with E-state index in [-0.39, 0.29) is 11.8 Å². The number of hydrogen-bond donors (Lipinski definition) is 0. The molecule has 0 saturated heterocycles. The van der Waals surface area contributed by atoms with Crippen molar-refractivity contribution in [3.05, 3.63) is 40.3 Å². The molecule has 3 aliphatic carbocycles. The highest BCUT2D eigenvalue weighted by Gasteiger charge is 2.53. The summed E-state index contributed by atoms with van der Waals surface area (Å²) in [7, 11) is 0. The monoisotopic (exact) mass is 241 g/mol. The molecule has 2 atom stereocenters. The van der Waals surface area contributed by atoms with Gasteiger partial charge < -0.3 is 0 Å². The Morgan fingerprint density at radius 3 is 2.39 bits per heavy atom. The van der Waals surface area contributed by atoms with E-state index in [1.165, 1.54) is 5.56 Å². The zero-order valence-corrected chi connectivity index (χ0v) is 10.3. The number of carbonyl (C=O) groups excluding carboxylic acids is 1. The van der Waals surface area contributed by atoms with Gasteiger partial charge in [0, 0.05) is 28.4 Å². The molecule has 2 bridgehead atoms. The lowest BCUT2D eigenvalue weighted by molar-refractivity contribution is -0.145. The zero-order chi connectivity index (χ0) is 12.7. The van der Waals surface area contributed by atoms with Crippen LogP contribution in [-0.4, -0.2) is 5.78 Å². The van der Waals surface area contributed by atoms with Crippen molar-refractivity contribution in [3.8, 4) is 0 Å². The summed E-state index contributed by atoms with van der Waals surface area (Å²) in [6, 6.07) is 7.65. The number of rotatable bonds is 2. The van der Waals surface area contributed by atoms with Gasteiger partial charge in [0.25, 0.3) is 0 Å². The number of Topliss-reactive ketones (excluding diaryl/α,β-unsaturated/α-hetero) is 1. The third-order valence-electron chi connectivity index (χ3n) is 4.35. The SMILES string of the molecule is CC1CC2C(=O)C(C1)C2c1ccc(N=[N+]=[N-])cc1. The van der Waals surface area contributed by atoms with E-state index in [4.69, 9.17) is 5.53 Å².